The highest BCUT2D eigenvalue weighted by Crippen LogP contribution is 2.19. The maximum atomic E-state index is 5.80. The standard InChI is InChI=1S/C18H23NO2/c1-19-17(15-8-4-3-5-9-15)12-13-21-14-16-10-6-7-11-18(16)20-2/h3-11,17,19H,12-14H2,1-2H3. The van der Waals surface area contributed by atoms with Crippen LogP contribution in [0.1, 0.15) is 23.6 Å². The highest BCUT2D eigenvalue weighted by atomic mass is 16.5. The van der Waals surface area contributed by atoms with Crippen molar-refractivity contribution in [2.24, 2.45) is 0 Å². The summed E-state index contributed by atoms with van der Waals surface area (Å²) in [4.78, 5) is 0. The molecule has 0 bridgehead atoms. The molecule has 1 unspecified atom stereocenters. The van der Waals surface area contributed by atoms with E-state index in [2.05, 4.69) is 29.6 Å². The van der Waals surface area contributed by atoms with Gasteiger partial charge in [0.1, 0.15) is 5.75 Å². The number of benzene rings is 2. The van der Waals surface area contributed by atoms with Gasteiger partial charge in [-0.1, -0.05) is 48.5 Å². The van der Waals surface area contributed by atoms with Crippen molar-refractivity contribution >= 4 is 0 Å². The van der Waals surface area contributed by atoms with Gasteiger partial charge in [0.15, 0.2) is 0 Å². The predicted octanol–water partition coefficient (Wildman–Crippen LogP) is 3.56. The lowest BCUT2D eigenvalue weighted by Gasteiger charge is -2.17. The van der Waals surface area contributed by atoms with Gasteiger partial charge >= 0.3 is 0 Å². The zero-order valence-corrected chi connectivity index (χ0v) is 12.7. The van der Waals surface area contributed by atoms with Gasteiger partial charge in [-0.2, -0.15) is 0 Å². The third-order valence-electron chi connectivity index (χ3n) is 3.55. The van der Waals surface area contributed by atoms with Gasteiger partial charge in [-0.05, 0) is 25.1 Å². The number of rotatable bonds is 8. The minimum Gasteiger partial charge on any atom is -0.496 e. The lowest BCUT2D eigenvalue weighted by molar-refractivity contribution is 0.110. The van der Waals surface area contributed by atoms with Crippen molar-refractivity contribution in [3.05, 3.63) is 65.7 Å². The first kappa shape index (κ1) is 15.5. The molecule has 112 valence electrons. The summed E-state index contributed by atoms with van der Waals surface area (Å²) < 4.78 is 11.1. The van der Waals surface area contributed by atoms with E-state index in [1.165, 1.54) is 5.56 Å². The van der Waals surface area contributed by atoms with Gasteiger partial charge < -0.3 is 14.8 Å². The van der Waals surface area contributed by atoms with Gasteiger partial charge in [-0.3, -0.25) is 0 Å². The third-order valence-corrected chi connectivity index (χ3v) is 3.55. The molecule has 2 rings (SSSR count). The summed E-state index contributed by atoms with van der Waals surface area (Å²) in [5.41, 5.74) is 2.38. The number of para-hydroxylation sites is 1. The Hall–Kier alpha value is -1.84. The Bertz CT molecular complexity index is 528. The SMILES string of the molecule is CNC(CCOCc1ccccc1OC)c1ccccc1. The van der Waals surface area contributed by atoms with E-state index in [-0.39, 0.29) is 0 Å². The minimum atomic E-state index is 0.323. The Morgan fingerprint density at radius 3 is 2.43 bits per heavy atom. The van der Waals surface area contributed by atoms with Crippen LogP contribution in [-0.4, -0.2) is 20.8 Å². The molecule has 0 amide bonds. The Labute approximate surface area is 126 Å². The Morgan fingerprint density at radius 1 is 1.00 bits per heavy atom. The number of nitrogens with one attached hydrogen (secondary N) is 1. The van der Waals surface area contributed by atoms with Crippen molar-refractivity contribution in [1.29, 1.82) is 0 Å². The molecule has 0 aliphatic carbocycles. The first-order chi connectivity index (χ1) is 10.3. The maximum Gasteiger partial charge on any atom is 0.124 e. The Kier molecular flexibility index (Phi) is 6.25. The largest absolute Gasteiger partial charge is 0.496 e. The second kappa shape index (κ2) is 8.45. The van der Waals surface area contributed by atoms with E-state index in [1.54, 1.807) is 7.11 Å². The van der Waals surface area contributed by atoms with Gasteiger partial charge in [0.2, 0.25) is 0 Å². The fourth-order valence-electron chi connectivity index (χ4n) is 2.37. The lowest BCUT2D eigenvalue weighted by Crippen LogP contribution is -2.18. The average Bonchev–Trinajstić information content (AvgIpc) is 2.56. The molecule has 3 heteroatoms. The molecule has 2 aromatic rings. The Morgan fingerprint density at radius 2 is 1.71 bits per heavy atom. The fraction of sp³-hybridized carbons (Fsp3) is 0.333. The van der Waals surface area contributed by atoms with Crippen LogP contribution in [-0.2, 0) is 11.3 Å². The van der Waals surface area contributed by atoms with Crippen molar-refractivity contribution in [3.8, 4) is 5.75 Å². The van der Waals surface area contributed by atoms with E-state index in [0.717, 1.165) is 17.7 Å². The molecule has 21 heavy (non-hydrogen) atoms. The van der Waals surface area contributed by atoms with Crippen molar-refractivity contribution in [2.45, 2.75) is 19.1 Å². The van der Waals surface area contributed by atoms with E-state index >= 15 is 0 Å². The second-order valence-electron chi connectivity index (χ2n) is 4.91. The molecule has 0 saturated heterocycles. The predicted molar refractivity (Wildman–Crippen MR) is 85.5 cm³/mol. The van der Waals surface area contributed by atoms with E-state index in [0.29, 0.717) is 19.3 Å². The van der Waals surface area contributed by atoms with Crippen LogP contribution in [0.25, 0.3) is 0 Å². The summed E-state index contributed by atoms with van der Waals surface area (Å²) >= 11 is 0. The molecule has 1 N–H and O–H groups in total. The maximum absolute atomic E-state index is 5.80. The van der Waals surface area contributed by atoms with Crippen LogP contribution in [0, 0.1) is 0 Å². The molecule has 0 fully saturated rings. The summed E-state index contributed by atoms with van der Waals surface area (Å²) in [6.45, 7) is 1.29. The quantitative estimate of drug-likeness (QED) is 0.752. The highest BCUT2D eigenvalue weighted by molar-refractivity contribution is 5.32. The molecule has 0 aliphatic heterocycles. The highest BCUT2D eigenvalue weighted by Gasteiger charge is 2.08. The zero-order valence-electron chi connectivity index (χ0n) is 12.7. The molecule has 1 atom stereocenters. The van der Waals surface area contributed by atoms with Crippen LogP contribution in [0.2, 0.25) is 0 Å². The molecule has 0 spiro atoms. The van der Waals surface area contributed by atoms with Crippen molar-refractivity contribution in [3.63, 3.8) is 0 Å². The van der Waals surface area contributed by atoms with Crippen molar-refractivity contribution in [1.82, 2.24) is 5.32 Å². The summed E-state index contributed by atoms with van der Waals surface area (Å²) in [5, 5.41) is 3.33. The monoisotopic (exact) mass is 285 g/mol. The lowest BCUT2D eigenvalue weighted by atomic mass is 10.0. The van der Waals surface area contributed by atoms with Crippen LogP contribution < -0.4 is 10.1 Å². The zero-order chi connectivity index (χ0) is 14.9. The number of hydrogen-bond donors (Lipinski definition) is 1. The number of ether oxygens (including phenoxy) is 2. The topological polar surface area (TPSA) is 30.5 Å². The van der Waals surface area contributed by atoms with Gasteiger partial charge in [-0.25, -0.2) is 0 Å². The van der Waals surface area contributed by atoms with Crippen molar-refractivity contribution in [2.75, 3.05) is 20.8 Å². The van der Waals surface area contributed by atoms with E-state index in [9.17, 15) is 0 Å². The average molecular weight is 285 g/mol. The van der Waals surface area contributed by atoms with Gasteiger partial charge in [0, 0.05) is 18.2 Å². The summed E-state index contributed by atoms with van der Waals surface area (Å²) in [7, 11) is 3.67. The summed E-state index contributed by atoms with van der Waals surface area (Å²) in [5.74, 6) is 0.880. The van der Waals surface area contributed by atoms with Gasteiger partial charge in [0.25, 0.3) is 0 Å². The minimum absolute atomic E-state index is 0.323. The van der Waals surface area contributed by atoms with E-state index in [1.807, 2.05) is 37.4 Å². The third kappa shape index (κ3) is 4.59. The molecule has 0 saturated carbocycles. The number of hydrogen-bond acceptors (Lipinski definition) is 3. The second-order valence-corrected chi connectivity index (χ2v) is 4.91. The molecular weight excluding hydrogens is 262 g/mol. The van der Waals surface area contributed by atoms with Crippen LogP contribution in [0.5, 0.6) is 5.75 Å². The molecule has 3 nitrogen and oxygen atoms in total. The molecule has 0 aromatic heterocycles. The van der Waals surface area contributed by atoms with E-state index in [4.69, 9.17) is 9.47 Å². The van der Waals surface area contributed by atoms with Crippen LogP contribution in [0.4, 0.5) is 0 Å². The molecule has 0 aliphatic rings. The fourth-order valence-corrected chi connectivity index (χ4v) is 2.37. The normalized spacial score (nSPS) is 12.1. The first-order valence-corrected chi connectivity index (χ1v) is 7.27. The van der Waals surface area contributed by atoms with Gasteiger partial charge in [-0.15, -0.1) is 0 Å². The number of methoxy groups -OCH3 is 1. The van der Waals surface area contributed by atoms with Crippen molar-refractivity contribution < 1.29 is 9.47 Å². The molecular formula is C18H23NO2. The first-order valence-electron chi connectivity index (χ1n) is 7.27. The van der Waals surface area contributed by atoms with E-state index < -0.39 is 0 Å². The molecule has 0 heterocycles. The summed E-state index contributed by atoms with van der Waals surface area (Å²) in [6.07, 6.45) is 0.940. The smallest absolute Gasteiger partial charge is 0.124 e. The summed E-state index contributed by atoms with van der Waals surface area (Å²) in [6, 6.07) is 18.7. The molecule has 2 aromatic carbocycles. The van der Waals surface area contributed by atoms with Crippen LogP contribution in [0.15, 0.2) is 54.6 Å². The Balaban J connectivity index is 1.81. The molecule has 0 radical (unpaired) electrons. The van der Waals surface area contributed by atoms with Crippen LogP contribution in [0.3, 0.4) is 0 Å². The van der Waals surface area contributed by atoms with Crippen LogP contribution >= 0.6 is 0 Å². The van der Waals surface area contributed by atoms with Gasteiger partial charge in [0.05, 0.1) is 13.7 Å².